The molecule has 1 unspecified atom stereocenters. The van der Waals surface area contributed by atoms with Crippen molar-refractivity contribution in [1.82, 2.24) is 4.90 Å². The summed E-state index contributed by atoms with van der Waals surface area (Å²) in [5.74, 6) is 0.641. The van der Waals surface area contributed by atoms with Crippen LogP contribution in [0.25, 0.3) is 0 Å². The number of amides is 1. The summed E-state index contributed by atoms with van der Waals surface area (Å²) in [4.78, 5) is 13.0. The van der Waals surface area contributed by atoms with Crippen LogP contribution in [0.4, 0.5) is 0 Å². The number of likely N-dealkylation sites (N-methyl/N-ethyl adjacent to an activating group) is 1. The minimum Gasteiger partial charge on any atom is -0.481 e. The van der Waals surface area contributed by atoms with Crippen molar-refractivity contribution in [1.29, 1.82) is 0 Å². The van der Waals surface area contributed by atoms with Crippen molar-refractivity contribution < 1.29 is 9.53 Å². The Morgan fingerprint density at radius 3 is 2.67 bits per heavy atom. The van der Waals surface area contributed by atoms with Gasteiger partial charge < -0.3 is 9.64 Å². The summed E-state index contributed by atoms with van der Waals surface area (Å²) in [5.41, 5.74) is 0. The standard InChI is InChI=1S/C11H14BrNO2/c1-8(11(14)13(2)3)15-10-6-4-5-9(12)7-10/h4-8H,1-3H3. The lowest BCUT2D eigenvalue weighted by molar-refractivity contribution is -0.135. The lowest BCUT2D eigenvalue weighted by Gasteiger charge is -2.18. The van der Waals surface area contributed by atoms with E-state index in [2.05, 4.69) is 15.9 Å². The number of nitrogens with zero attached hydrogens (tertiary/aromatic N) is 1. The lowest BCUT2D eigenvalue weighted by atomic mass is 10.3. The van der Waals surface area contributed by atoms with Crippen LogP contribution < -0.4 is 4.74 Å². The highest BCUT2D eigenvalue weighted by Gasteiger charge is 2.16. The minimum absolute atomic E-state index is 0.0463. The van der Waals surface area contributed by atoms with Crippen LogP contribution in [0, 0.1) is 0 Å². The van der Waals surface area contributed by atoms with Gasteiger partial charge in [-0.3, -0.25) is 4.79 Å². The Balaban J connectivity index is 2.66. The SMILES string of the molecule is CC(Oc1cccc(Br)c1)C(=O)N(C)C. The normalized spacial score (nSPS) is 12.0. The lowest BCUT2D eigenvalue weighted by Crippen LogP contribution is -2.35. The molecule has 1 atom stereocenters. The third-order valence-corrected chi connectivity index (χ3v) is 2.39. The predicted molar refractivity (Wildman–Crippen MR) is 62.9 cm³/mol. The zero-order valence-corrected chi connectivity index (χ0v) is 10.6. The molecule has 82 valence electrons. The highest BCUT2D eigenvalue weighted by atomic mass is 79.9. The van der Waals surface area contributed by atoms with Crippen LogP contribution in [0.5, 0.6) is 5.75 Å². The van der Waals surface area contributed by atoms with Crippen LogP contribution in [-0.4, -0.2) is 31.0 Å². The summed E-state index contributed by atoms with van der Waals surface area (Å²) in [5, 5.41) is 0. The molecule has 0 aliphatic rings. The highest BCUT2D eigenvalue weighted by Crippen LogP contribution is 2.19. The largest absolute Gasteiger partial charge is 0.481 e. The Labute approximate surface area is 98.2 Å². The van der Waals surface area contributed by atoms with E-state index in [0.717, 1.165) is 4.47 Å². The number of carbonyl (C=O) groups excluding carboxylic acids is 1. The number of benzene rings is 1. The van der Waals surface area contributed by atoms with Gasteiger partial charge in [0.05, 0.1) is 0 Å². The molecule has 1 aromatic carbocycles. The molecule has 0 radical (unpaired) electrons. The molecule has 0 aliphatic heterocycles. The van der Waals surface area contributed by atoms with Gasteiger partial charge in [0.25, 0.3) is 5.91 Å². The molecule has 0 saturated carbocycles. The van der Waals surface area contributed by atoms with Gasteiger partial charge in [0.1, 0.15) is 5.75 Å². The van der Waals surface area contributed by atoms with Gasteiger partial charge in [0.15, 0.2) is 6.10 Å². The second-order valence-corrected chi connectivity index (χ2v) is 4.37. The maximum Gasteiger partial charge on any atom is 0.262 e. The Hall–Kier alpha value is -1.03. The number of hydrogen-bond acceptors (Lipinski definition) is 2. The molecule has 1 aromatic rings. The summed E-state index contributed by atoms with van der Waals surface area (Å²) < 4.78 is 6.43. The molecule has 15 heavy (non-hydrogen) atoms. The van der Waals surface area contributed by atoms with Crippen molar-refractivity contribution in [3.8, 4) is 5.75 Å². The summed E-state index contributed by atoms with van der Waals surface area (Å²) in [6, 6.07) is 7.43. The quantitative estimate of drug-likeness (QED) is 0.845. The van der Waals surface area contributed by atoms with Crippen molar-refractivity contribution in [3.05, 3.63) is 28.7 Å². The third-order valence-electron chi connectivity index (χ3n) is 1.90. The minimum atomic E-state index is -0.464. The first-order valence-electron chi connectivity index (χ1n) is 4.64. The maximum absolute atomic E-state index is 11.5. The smallest absolute Gasteiger partial charge is 0.262 e. The van der Waals surface area contributed by atoms with Crippen molar-refractivity contribution in [2.45, 2.75) is 13.0 Å². The van der Waals surface area contributed by atoms with Crippen LogP contribution in [0.2, 0.25) is 0 Å². The van der Waals surface area contributed by atoms with E-state index in [-0.39, 0.29) is 5.91 Å². The average Bonchev–Trinajstić information content (AvgIpc) is 2.16. The van der Waals surface area contributed by atoms with E-state index < -0.39 is 6.10 Å². The van der Waals surface area contributed by atoms with E-state index in [4.69, 9.17) is 4.74 Å². The molecule has 0 aromatic heterocycles. The van der Waals surface area contributed by atoms with Gasteiger partial charge in [-0.2, -0.15) is 0 Å². The molecule has 0 spiro atoms. The summed E-state index contributed by atoms with van der Waals surface area (Å²) >= 11 is 3.34. The maximum atomic E-state index is 11.5. The summed E-state index contributed by atoms with van der Waals surface area (Å²) in [6.45, 7) is 1.74. The number of ether oxygens (including phenoxy) is 1. The molecule has 1 rings (SSSR count). The monoisotopic (exact) mass is 271 g/mol. The fourth-order valence-corrected chi connectivity index (χ4v) is 1.54. The second kappa shape index (κ2) is 5.16. The Morgan fingerprint density at radius 1 is 1.47 bits per heavy atom. The van der Waals surface area contributed by atoms with Gasteiger partial charge >= 0.3 is 0 Å². The van der Waals surface area contributed by atoms with E-state index in [9.17, 15) is 4.79 Å². The van der Waals surface area contributed by atoms with Gasteiger partial charge in [-0.25, -0.2) is 0 Å². The molecular weight excluding hydrogens is 258 g/mol. The molecule has 0 bridgehead atoms. The molecule has 4 heteroatoms. The fourth-order valence-electron chi connectivity index (χ4n) is 1.16. The molecule has 0 aliphatic carbocycles. The third kappa shape index (κ3) is 3.55. The predicted octanol–water partition coefficient (Wildman–Crippen LogP) is 2.30. The van der Waals surface area contributed by atoms with Crippen molar-refractivity contribution >= 4 is 21.8 Å². The van der Waals surface area contributed by atoms with E-state index in [1.165, 1.54) is 4.90 Å². The topological polar surface area (TPSA) is 29.5 Å². The molecular formula is C11H14BrNO2. The number of carbonyl (C=O) groups is 1. The van der Waals surface area contributed by atoms with E-state index in [1.54, 1.807) is 21.0 Å². The molecule has 3 nitrogen and oxygen atoms in total. The summed E-state index contributed by atoms with van der Waals surface area (Å²) in [7, 11) is 3.42. The Morgan fingerprint density at radius 2 is 2.13 bits per heavy atom. The second-order valence-electron chi connectivity index (χ2n) is 3.45. The van der Waals surface area contributed by atoms with Crippen LogP contribution in [0.15, 0.2) is 28.7 Å². The first-order chi connectivity index (χ1) is 7.00. The van der Waals surface area contributed by atoms with Gasteiger partial charge in [-0.1, -0.05) is 22.0 Å². The zero-order valence-electron chi connectivity index (χ0n) is 9.03. The summed E-state index contributed by atoms with van der Waals surface area (Å²) in [6.07, 6.45) is -0.464. The van der Waals surface area contributed by atoms with Gasteiger partial charge in [-0.15, -0.1) is 0 Å². The van der Waals surface area contributed by atoms with E-state index >= 15 is 0 Å². The van der Waals surface area contributed by atoms with Crippen molar-refractivity contribution in [3.63, 3.8) is 0 Å². The van der Waals surface area contributed by atoms with Gasteiger partial charge in [0.2, 0.25) is 0 Å². The number of hydrogen-bond donors (Lipinski definition) is 0. The van der Waals surface area contributed by atoms with Crippen LogP contribution in [0.3, 0.4) is 0 Å². The van der Waals surface area contributed by atoms with E-state index in [0.29, 0.717) is 5.75 Å². The van der Waals surface area contributed by atoms with E-state index in [1.807, 2.05) is 24.3 Å². The molecule has 1 amide bonds. The molecule has 0 N–H and O–H groups in total. The average molecular weight is 272 g/mol. The molecule has 0 heterocycles. The molecule has 0 saturated heterocycles. The number of rotatable bonds is 3. The zero-order chi connectivity index (χ0) is 11.4. The van der Waals surface area contributed by atoms with Crippen molar-refractivity contribution in [2.75, 3.05) is 14.1 Å². The molecule has 0 fully saturated rings. The first-order valence-corrected chi connectivity index (χ1v) is 5.43. The Bertz CT molecular complexity index is 352. The number of halogens is 1. The first kappa shape index (κ1) is 12.0. The fraction of sp³-hybridized carbons (Fsp3) is 0.364. The van der Waals surface area contributed by atoms with Gasteiger partial charge in [0, 0.05) is 18.6 Å². The van der Waals surface area contributed by atoms with Crippen LogP contribution >= 0.6 is 15.9 Å². The van der Waals surface area contributed by atoms with Crippen LogP contribution in [0.1, 0.15) is 6.92 Å². The van der Waals surface area contributed by atoms with Crippen LogP contribution in [-0.2, 0) is 4.79 Å². The Kier molecular flexibility index (Phi) is 4.15. The van der Waals surface area contributed by atoms with Gasteiger partial charge in [-0.05, 0) is 25.1 Å². The van der Waals surface area contributed by atoms with Crippen molar-refractivity contribution in [2.24, 2.45) is 0 Å². The highest BCUT2D eigenvalue weighted by molar-refractivity contribution is 9.10.